The number of likely N-dealkylation sites (tertiary alicyclic amines) is 1. The van der Waals surface area contributed by atoms with E-state index in [0.29, 0.717) is 11.3 Å². The zero-order valence-electron chi connectivity index (χ0n) is 16.4. The minimum atomic E-state index is -0.260. The van der Waals surface area contributed by atoms with Crippen LogP contribution in [0, 0.1) is 18.7 Å². The predicted molar refractivity (Wildman–Crippen MR) is 106 cm³/mol. The van der Waals surface area contributed by atoms with E-state index in [1.807, 2.05) is 49.3 Å². The molecule has 0 aliphatic carbocycles. The van der Waals surface area contributed by atoms with Gasteiger partial charge < -0.3 is 4.90 Å². The Morgan fingerprint density at radius 1 is 1.22 bits per heavy atom. The van der Waals surface area contributed by atoms with Gasteiger partial charge in [-0.2, -0.15) is 0 Å². The highest BCUT2D eigenvalue weighted by molar-refractivity contribution is 5.95. The Bertz CT molecular complexity index is 770. The summed E-state index contributed by atoms with van der Waals surface area (Å²) in [4.78, 5) is 21.2. The number of amides is 1. The summed E-state index contributed by atoms with van der Waals surface area (Å²) >= 11 is 0. The zero-order valence-corrected chi connectivity index (χ0v) is 16.4. The van der Waals surface area contributed by atoms with Gasteiger partial charge in [0.05, 0.1) is 0 Å². The smallest absolute Gasteiger partial charge is 0.229 e. The zero-order chi connectivity index (χ0) is 19.4. The minimum Gasteiger partial charge on any atom is -0.309 e. The lowest BCUT2D eigenvalue weighted by Gasteiger charge is -2.39. The number of aryl methyl sites for hydroxylation is 1. The van der Waals surface area contributed by atoms with Gasteiger partial charge in [-0.25, -0.2) is 4.39 Å². The topological polar surface area (TPSA) is 36.4 Å². The number of carbonyl (C=O) groups excluding carboxylic acids is 1. The van der Waals surface area contributed by atoms with Crippen LogP contribution in [0.5, 0.6) is 0 Å². The lowest BCUT2D eigenvalue weighted by atomic mass is 9.99. The van der Waals surface area contributed by atoms with Crippen LogP contribution in [-0.2, 0) is 11.3 Å². The summed E-state index contributed by atoms with van der Waals surface area (Å²) in [7, 11) is 0. The number of nitrogens with zero attached hydrogens (tertiary/aromatic N) is 3. The molecule has 1 aromatic carbocycles. The molecule has 1 saturated heterocycles. The normalized spacial score (nSPS) is 15.9. The molecule has 1 aliphatic rings. The predicted octanol–water partition coefficient (Wildman–Crippen LogP) is 4.18. The highest BCUT2D eigenvalue weighted by Crippen LogP contribution is 2.27. The largest absolute Gasteiger partial charge is 0.309 e. The monoisotopic (exact) mass is 369 g/mol. The van der Waals surface area contributed by atoms with Gasteiger partial charge in [-0.05, 0) is 55.2 Å². The number of anilines is 1. The average molecular weight is 369 g/mol. The van der Waals surface area contributed by atoms with Crippen LogP contribution >= 0.6 is 0 Å². The number of piperidine rings is 1. The van der Waals surface area contributed by atoms with Crippen molar-refractivity contribution in [2.45, 2.75) is 46.2 Å². The van der Waals surface area contributed by atoms with Crippen molar-refractivity contribution in [1.82, 2.24) is 9.88 Å². The Balaban J connectivity index is 1.72. The molecule has 1 aliphatic heterocycles. The van der Waals surface area contributed by atoms with Gasteiger partial charge in [0.15, 0.2) is 0 Å². The fourth-order valence-electron chi connectivity index (χ4n) is 3.61. The SMILES string of the molecule is Cc1ccc(N(C(=O)C(C)C)C2CCN(Cc3ccncc3)CC2)cc1F. The highest BCUT2D eigenvalue weighted by Gasteiger charge is 2.30. The van der Waals surface area contributed by atoms with Crippen molar-refractivity contribution in [2.24, 2.45) is 5.92 Å². The molecule has 1 amide bonds. The molecule has 0 spiro atoms. The van der Waals surface area contributed by atoms with Crippen LogP contribution in [0.4, 0.5) is 10.1 Å². The van der Waals surface area contributed by atoms with E-state index in [9.17, 15) is 9.18 Å². The molecule has 2 aromatic rings. The summed E-state index contributed by atoms with van der Waals surface area (Å²) in [5, 5.41) is 0. The molecule has 0 unspecified atom stereocenters. The lowest BCUT2D eigenvalue weighted by Crippen LogP contribution is -2.48. The number of halogens is 1. The average Bonchev–Trinajstić information content (AvgIpc) is 2.67. The Labute approximate surface area is 161 Å². The van der Waals surface area contributed by atoms with Gasteiger partial charge in [0.2, 0.25) is 5.91 Å². The number of carbonyl (C=O) groups is 1. The molecule has 2 heterocycles. The summed E-state index contributed by atoms with van der Waals surface area (Å²) < 4.78 is 14.1. The summed E-state index contributed by atoms with van der Waals surface area (Å²) in [5.74, 6) is -0.320. The fraction of sp³-hybridized carbons (Fsp3) is 0.455. The van der Waals surface area contributed by atoms with E-state index in [0.717, 1.165) is 32.5 Å². The number of hydrogen-bond acceptors (Lipinski definition) is 3. The summed E-state index contributed by atoms with van der Waals surface area (Å²) in [6.07, 6.45) is 5.41. The van der Waals surface area contributed by atoms with E-state index in [1.54, 1.807) is 13.0 Å². The second kappa shape index (κ2) is 8.61. The Morgan fingerprint density at radius 3 is 2.48 bits per heavy atom. The van der Waals surface area contributed by atoms with Crippen LogP contribution in [-0.4, -0.2) is 34.9 Å². The van der Waals surface area contributed by atoms with Gasteiger partial charge in [-0.1, -0.05) is 19.9 Å². The molecule has 0 saturated carbocycles. The first-order valence-corrected chi connectivity index (χ1v) is 9.66. The second-order valence-electron chi connectivity index (χ2n) is 7.66. The van der Waals surface area contributed by atoms with Crippen LogP contribution in [0.15, 0.2) is 42.7 Å². The van der Waals surface area contributed by atoms with Crippen molar-refractivity contribution in [3.63, 3.8) is 0 Å². The standard InChI is InChI=1S/C22H28FN3O/c1-16(2)22(27)26(20-5-4-17(3)21(23)14-20)19-8-12-25(13-9-19)15-18-6-10-24-11-7-18/h4-7,10-11,14,16,19H,8-9,12-13,15H2,1-3H3. The molecule has 5 heteroatoms. The summed E-state index contributed by atoms with van der Waals surface area (Å²) in [6.45, 7) is 8.28. The van der Waals surface area contributed by atoms with E-state index in [1.165, 1.54) is 11.6 Å². The number of pyridine rings is 1. The maximum Gasteiger partial charge on any atom is 0.229 e. The van der Waals surface area contributed by atoms with Crippen LogP contribution in [0.25, 0.3) is 0 Å². The number of hydrogen-bond donors (Lipinski definition) is 0. The molecule has 3 rings (SSSR count). The Hall–Kier alpha value is -2.27. The third kappa shape index (κ3) is 4.72. The molecule has 0 radical (unpaired) electrons. The molecule has 4 nitrogen and oxygen atoms in total. The second-order valence-corrected chi connectivity index (χ2v) is 7.66. The van der Waals surface area contributed by atoms with E-state index in [-0.39, 0.29) is 23.7 Å². The lowest BCUT2D eigenvalue weighted by molar-refractivity contribution is -0.122. The third-order valence-corrected chi connectivity index (χ3v) is 5.24. The Morgan fingerprint density at radius 2 is 1.89 bits per heavy atom. The van der Waals surface area contributed by atoms with Gasteiger partial charge in [0, 0.05) is 49.7 Å². The first kappa shape index (κ1) is 19.5. The minimum absolute atomic E-state index is 0.0610. The van der Waals surface area contributed by atoms with E-state index < -0.39 is 0 Å². The van der Waals surface area contributed by atoms with Gasteiger partial charge in [-0.15, -0.1) is 0 Å². The maximum absolute atomic E-state index is 14.1. The van der Waals surface area contributed by atoms with Gasteiger partial charge in [0.25, 0.3) is 0 Å². The van der Waals surface area contributed by atoms with Crippen molar-refractivity contribution < 1.29 is 9.18 Å². The molecular weight excluding hydrogens is 341 g/mol. The van der Waals surface area contributed by atoms with Crippen LogP contribution in [0.1, 0.15) is 37.8 Å². The van der Waals surface area contributed by atoms with Crippen molar-refractivity contribution in [2.75, 3.05) is 18.0 Å². The van der Waals surface area contributed by atoms with E-state index in [4.69, 9.17) is 0 Å². The molecule has 0 N–H and O–H groups in total. The highest BCUT2D eigenvalue weighted by atomic mass is 19.1. The Kier molecular flexibility index (Phi) is 6.22. The molecule has 27 heavy (non-hydrogen) atoms. The quantitative estimate of drug-likeness (QED) is 0.793. The van der Waals surface area contributed by atoms with Crippen LogP contribution < -0.4 is 4.90 Å². The molecule has 1 aromatic heterocycles. The number of rotatable bonds is 5. The molecule has 1 fully saturated rings. The van der Waals surface area contributed by atoms with Gasteiger partial charge >= 0.3 is 0 Å². The third-order valence-electron chi connectivity index (χ3n) is 5.24. The van der Waals surface area contributed by atoms with Crippen molar-refractivity contribution >= 4 is 11.6 Å². The maximum atomic E-state index is 14.1. The molecule has 144 valence electrons. The van der Waals surface area contributed by atoms with E-state index >= 15 is 0 Å². The van der Waals surface area contributed by atoms with Gasteiger partial charge in [-0.3, -0.25) is 14.7 Å². The summed E-state index contributed by atoms with van der Waals surface area (Å²) in [6, 6.07) is 9.30. The number of benzene rings is 1. The first-order chi connectivity index (χ1) is 13.0. The number of aromatic nitrogens is 1. The molecule has 0 bridgehead atoms. The van der Waals surface area contributed by atoms with Crippen molar-refractivity contribution in [3.05, 3.63) is 59.7 Å². The van der Waals surface area contributed by atoms with Crippen LogP contribution in [0.3, 0.4) is 0 Å². The summed E-state index contributed by atoms with van der Waals surface area (Å²) in [5.41, 5.74) is 2.52. The first-order valence-electron chi connectivity index (χ1n) is 9.66. The van der Waals surface area contributed by atoms with Gasteiger partial charge in [0.1, 0.15) is 5.82 Å². The molecular formula is C22H28FN3O. The van der Waals surface area contributed by atoms with Crippen LogP contribution in [0.2, 0.25) is 0 Å². The van der Waals surface area contributed by atoms with E-state index in [2.05, 4.69) is 9.88 Å². The molecule has 0 atom stereocenters. The van der Waals surface area contributed by atoms with Crippen molar-refractivity contribution in [1.29, 1.82) is 0 Å². The fourth-order valence-corrected chi connectivity index (χ4v) is 3.61. The van der Waals surface area contributed by atoms with Crippen molar-refractivity contribution in [3.8, 4) is 0 Å².